The highest BCUT2D eigenvalue weighted by Crippen LogP contribution is 2.03. The van der Waals surface area contributed by atoms with E-state index in [1.165, 1.54) is 12.8 Å². The summed E-state index contributed by atoms with van der Waals surface area (Å²) in [7, 11) is 2.02. The molecule has 0 aliphatic heterocycles. The number of nitrogens with zero attached hydrogens (tertiary/aromatic N) is 1. The molecule has 0 aliphatic rings. The van der Waals surface area contributed by atoms with E-state index in [9.17, 15) is 4.79 Å². The highest BCUT2D eigenvalue weighted by atomic mass is 16.1. The second-order valence-corrected chi connectivity index (χ2v) is 3.87. The van der Waals surface area contributed by atoms with Crippen molar-refractivity contribution < 1.29 is 4.79 Å². The molecule has 0 radical (unpaired) electrons. The molecular weight excluding hydrogens is 162 g/mol. The van der Waals surface area contributed by atoms with Gasteiger partial charge in [0.05, 0.1) is 6.54 Å². The molecule has 0 spiro atoms. The Labute approximate surface area is 82.3 Å². The van der Waals surface area contributed by atoms with Gasteiger partial charge in [-0.2, -0.15) is 0 Å². The molecule has 0 aliphatic carbocycles. The molecule has 1 unspecified atom stereocenters. The predicted molar refractivity (Wildman–Crippen MR) is 56.9 cm³/mol. The fourth-order valence-corrected chi connectivity index (χ4v) is 1.16. The third-order valence-electron chi connectivity index (χ3n) is 2.48. The van der Waals surface area contributed by atoms with E-state index >= 15 is 0 Å². The Bertz CT molecular complexity index is 145. The van der Waals surface area contributed by atoms with Crippen LogP contribution in [0.1, 0.15) is 40.0 Å². The van der Waals surface area contributed by atoms with Crippen molar-refractivity contribution in [1.82, 2.24) is 4.90 Å². The molecule has 0 heterocycles. The number of carbonyl (C=O) groups excluding carboxylic acids is 1. The molecule has 0 aromatic carbocycles. The quantitative estimate of drug-likeness (QED) is 0.606. The van der Waals surface area contributed by atoms with Crippen molar-refractivity contribution in [1.29, 1.82) is 0 Å². The zero-order valence-corrected chi connectivity index (χ0v) is 9.47. The van der Waals surface area contributed by atoms with E-state index in [0.29, 0.717) is 12.3 Å². The van der Waals surface area contributed by atoms with E-state index in [0.717, 1.165) is 13.0 Å². The lowest BCUT2D eigenvalue weighted by Crippen LogP contribution is -2.29. The van der Waals surface area contributed by atoms with Gasteiger partial charge in [-0.25, -0.2) is 0 Å². The molecule has 13 heavy (non-hydrogen) atoms. The first-order chi connectivity index (χ1) is 6.11. The first kappa shape index (κ1) is 12.6. The van der Waals surface area contributed by atoms with Crippen molar-refractivity contribution in [2.24, 2.45) is 5.92 Å². The normalized spacial score (nSPS) is 13.3. The van der Waals surface area contributed by atoms with Gasteiger partial charge in [0.2, 0.25) is 0 Å². The average molecular weight is 185 g/mol. The third-order valence-corrected chi connectivity index (χ3v) is 2.48. The van der Waals surface area contributed by atoms with Gasteiger partial charge in [-0.1, -0.05) is 27.2 Å². The van der Waals surface area contributed by atoms with Crippen LogP contribution in [0.2, 0.25) is 0 Å². The summed E-state index contributed by atoms with van der Waals surface area (Å²) in [6, 6.07) is 0. The molecular formula is C11H23NO. The van der Waals surface area contributed by atoms with E-state index < -0.39 is 0 Å². The van der Waals surface area contributed by atoms with E-state index in [2.05, 4.69) is 18.7 Å². The van der Waals surface area contributed by atoms with Crippen LogP contribution in [0.4, 0.5) is 0 Å². The molecule has 78 valence electrons. The fourth-order valence-electron chi connectivity index (χ4n) is 1.16. The summed E-state index contributed by atoms with van der Waals surface area (Å²) in [5.41, 5.74) is 0. The molecule has 2 heteroatoms. The van der Waals surface area contributed by atoms with Gasteiger partial charge in [-0.3, -0.25) is 9.69 Å². The number of hydrogen-bond donors (Lipinski definition) is 0. The minimum absolute atomic E-state index is 0.226. The van der Waals surface area contributed by atoms with Crippen LogP contribution >= 0.6 is 0 Å². The van der Waals surface area contributed by atoms with Gasteiger partial charge in [0, 0.05) is 5.92 Å². The van der Waals surface area contributed by atoms with E-state index in [-0.39, 0.29) is 5.92 Å². The topological polar surface area (TPSA) is 20.3 Å². The van der Waals surface area contributed by atoms with E-state index in [4.69, 9.17) is 0 Å². The lowest BCUT2D eigenvalue weighted by Gasteiger charge is -2.17. The second kappa shape index (κ2) is 7.07. The lowest BCUT2D eigenvalue weighted by molar-refractivity contribution is -0.123. The molecule has 0 amide bonds. The number of hydrogen-bond acceptors (Lipinski definition) is 2. The molecule has 0 aromatic rings. The molecule has 0 aromatic heterocycles. The highest BCUT2D eigenvalue weighted by molar-refractivity contribution is 5.82. The monoisotopic (exact) mass is 185 g/mol. The van der Waals surface area contributed by atoms with Crippen LogP contribution in [0, 0.1) is 5.92 Å². The first-order valence-corrected chi connectivity index (χ1v) is 5.33. The van der Waals surface area contributed by atoms with Crippen molar-refractivity contribution in [3.05, 3.63) is 0 Å². The zero-order chi connectivity index (χ0) is 10.3. The Kier molecular flexibility index (Phi) is 6.87. The lowest BCUT2D eigenvalue weighted by atomic mass is 10.0. The van der Waals surface area contributed by atoms with Crippen LogP contribution < -0.4 is 0 Å². The predicted octanol–water partition coefficient (Wildman–Crippen LogP) is 2.33. The fraction of sp³-hybridized carbons (Fsp3) is 0.909. The van der Waals surface area contributed by atoms with Crippen molar-refractivity contribution in [3.63, 3.8) is 0 Å². The second-order valence-electron chi connectivity index (χ2n) is 3.87. The van der Waals surface area contributed by atoms with Gasteiger partial charge < -0.3 is 0 Å². The number of unbranched alkanes of at least 4 members (excludes halogenated alkanes) is 1. The molecule has 0 rings (SSSR count). The molecule has 0 saturated heterocycles. The largest absolute Gasteiger partial charge is 0.299 e. The Balaban J connectivity index is 3.64. The van der Waals surface area contributed by atoms with Crippen LogP contribution in [0.15, 0.2) is 0 Å². The minimum Gasteiger partial charge on any atom is -0.299 e. The summed E-state index contributed by atoms with van der Waals surface area (Å²) in [5, 5.41) is 0. The van der Waals surface area contributed by atoms with Gasteiger partial charge in [-0.15, -0.1) is 0 Å². The van der Waals surface area contributed by atoms with Gasteiger partial charge in [0.1, 0.15) is 5.78 Å². The number of likely N-dealkylation sites (N-methyl/N-ethyl adjacent to an activating group) is 1. The smallest absolute Gasteiger partial charge is 0.149 e. The summed E-state index contributed by atoms with van der Waals surface area (Å²) < 4.78 is 0. The molecule has 0 fully saturated rings. The number of rotatable bonds is 7. The van der Waals surface area contributed by atoms with Crippen LogP contribution in [0.25, 0.3) is 0 Å². The Morgan fingerprint density at radius 1 is 1.38 bits per heavy atom. The van der Waals surface area contributed by atoms with Crippen molar-refractivity contribution in [2.45, 2.75) is 40.0 Å². The minimum atomic E-state index is 0.226. The third kappa shape index (κ3) is 5.81. The van der Waals surface area contributed by atoms with Crippen LogP contribution in [-0.4, -0.2) is 30.8 Å². The number of ketones is 1. The van der Waals surface area contributed by atoms with Crippen LogP contribution in [-0.2, 0) is 4.79 Å². The van der Waals surface area contributed by atoms with Crippen LogP contribution in [0.3, 0.4) is 0 Å². The highest BCUT2D eigenvalue weighted by Gasteiger charge is 2.12. The summed E-state index contributed by atoms with van der Waals surface area (Å²) in [5.74, 6) is 0.602. The van der Waals surface area contributed by atoms with Crippen LogP contribution in [0.5, 0.6) is 0 Å². The SMILES string of the molecule is CCCCN(C)CC(=O)C(C)CC. The molecule has 1 atom stereocenters. The molecule has 0 saturated carbocycles. The summed E-state index contributed by atoms with van der Waals surface area (Å²) in [6.45, 7) is 7.91. The first-order valence-electron chi connectivity index (χ1n) is 5.33. The summed E-state index contributed by atoms with van der Waals surface area (Å²) in [4.78, 5) is 13.6. The maximum absolute atomic E-state index is 11.5. The maximum Gasteiger partial charge on any atom is 0.149 e. The standard InChI is InChI=1S/C11H23NO/c1-5-7-8-12(4)9-11(13)10(3)6-2/h10H,5-9H2,1-4H3. The van der Waals surface area contributed by atoms with Crippen molar-refractivity contribution in [2.75, 3.05) is 20.1 Å². The maximum atomic E-state index is 11.5. The van der Waals surface area contributed by atoms with Gasteiger partial charge >= 0.3 is 0 Å². The number of carbonyl (C=O) groups is 1. The zero-order valence-electron chi connectivity index (χ0n) is 9.47. The van der Waals surface area contributed by atoms with Gasteiger partial charge in [0.15, 0.2) is 0 Å². The molecule has 0 N–H and O–H groups in total. The molecule has 0 bridgehead atoms. The Morgan fingerprint density at radius 3 is 2.46 bits per heavy atom. The Hall–Kier alpha value is -0.370. The average Bonchev–Trinajstić information content (AvgIpc) is 2.13. The summed E-state index contributed by atoms with van der Waals surface area (Å²) >= 11 is 0. The van der Waals surface area contributed by atoms with Gasteiger partial charge in [0.25, 0.3) is 0 Å². The van der Waals surface area contributed by atoms with E-state index in [1.807, 2.05) is 14.0 Å². The van der Waals surface area contributed by atoms with Crippen molar-refractivity contribution >= 4 is 5.78 Å². The molecule has 2 nitrogen and oxygen atoms in total. The van der Waals surface area contributed by atoms with E-state index in [1.54, 1.807) is 0 Å². The number of Topliss-reactive ketones (excluding diaryl/α,β-unsaturated/α-hetero) is 1. The van der Waals surface area contributed by atoms with Crippen molar-refractivity contribution in [3.8, 4) is 0 Å². The Morgan fingerprint density at radius 2 is 2.00 bits per heavy atom. The van der Waals surface area contributed by atoms with Gasteiger partial charge in [-0.05, 0) is 26.4 Å². The summed E-state index contributed by atoms with van der Waals surface area (Å²) in [6.07, 6.45) is 3.34.